The molecule has 0 aliphatic carbocycles. The standard InChI is InChI=1S/C18H36N4O2S/c1-15(2)12-21-8-6-7-16(13-21)11-20-17(19-5)22-9-10-25(23,24)18(3,4)14-22/h15-16H,6-14H2,1-5H3,(H,19,20). The van der Waals surface area contributed by atoms with Crippen molar-refractivity contribution in [2.75, 3.05) is 52.1 Å². The highest BCUT2D eigenvalue weighted by Crippen LogP contribution is 2.24. The lowest BCUT2D eigenvalue weighted by atomic mass is 9.97. The maximum absolute atomic E-state index is 12.2. The van der Waals surface area contributed by atoms with Crippen molar-refractivity contribution in [2.24, 2.45) is 16.8 Å². The van der Waals surface area contributed by atoms with Gasteiger partial charge < -0.3 is 15.1 Å². The number of nitrogens with zero attached hydrogens (tertiary/aromatic N) is 3. The Bertz CT molecular complexity index is 572. The zero-order chi connectivity index (χ0) is 18.7. The monoisotopic (exact) mass is 372 g/mol. The minimum atomic E-state index is -3.02. The molecule has 0 aromatic rings. The lowest BCUT2D eigenvalue weighted by Crippen LogP contribution is -2.57. The number of piperidine rings is 1. The summed E-state index contributed by atoms with van der Waals surface area (Å²) in [4.78, 5) is 9.06. The number of nitrogens with one attached hydrogen (secondary N) is 1. The van der Waals surface area contributed by atoms with Crippen LogP contribution in [0.4, 0.5) is 0 Å². The van der Waals surface area contributed by atoms with E-state index in [2.05, 4.69) is 34.0 Å². The van der Waals surface area contributed by atoms with Gasteiger partial charge in [0.1, 0.15) is 0 Å². The van der Waals surface area contributed by atoms with Gasteiger partial charge in [0.05, 0.1) is 10.5 Å². The third-order valence-corrected chi connectivity index (χ3v) is 7.86. The molecule has 0 saturated carbocycles. The van der Waals surface area contributed by atoms with E-state index < -0.39 is 14.6 Å². The second kappa shape index (κ2) is 8.25. The van der Waals surface area contributed by atoms with E-state index in [0.717, 1.165) is 19.0 Å². The predicted octanol–water partition coefficient (Wildman–Crippen LogP) is 1.44. The van der Waals surface area contributed by atoms with Crippen molar-refractivity contribution in [1.82, 2.24) is 15.1 Å². The molecular weight excluding hydrogens is 336 g/mol. The van der Waals surface area contributed by atoms with E-state index in [-0.39, 0.29) is 5.75 Å². The molecule has 6 nitrogen and oxygen atoms in total. The molecule has 146 valence electrons. The Morgan fingerprint density at radius 1 is 1.32 bits per heavy atom. The number of hydrogen-bond acceptors (Lipinski definition) is 4. The molecule has 2 aliphatic heterocycles. The molecule has 1 N–H and O–H groups in total. The quantitative estimate of drug-likeness (QED) is 0.597. The molecular formula is C18H36N4O2S. The van der Waals surface area contributed by atoms with Gasteiger partial charge in [-0.15, -0.1) is 0 Å². The van der Waals surface area contributed by atoms with E-state index in [1.54, 1.807) is 7.05 Å². The van der Waals surface area contributed by atoms with Crippen LogP contribution >= 0.6 is 0 Å². The lowest BCUT2D eigenvalue weighted by Gasteiger charge is -2.40. The summed E-state index contributed by atoms with van der Waals surface area (Å²) in [5, 5.41) is 3.50. The fourth-order valence-electron chi connectivity index (χ4n) is 3.89. The van der Waals surface area contributed by atoms with Gasteiger partial charge in [-0.25, -0.2) is 8.42 Å². The molecule has 1 atom stereocenters. The third kappa shape index (κ3) is 5.33. The number of sulfone groups is 1. The molecule has 0 amide bonds. The maximum Gasteiger partial charge on any atom is 0.193 e. The average Bonchev–Trinajstić information content (AvgIpc) is 2.51. The first-order valence-electron chi connectivity index (χ1n) is 9.55. The van der Waals surface area contributed by atoms with Crippen LogP contribution in [0.1, 0.15) is 40.5 Å². The third-order valence-electron chi connectivity index (χ3n) is 5.33. The van der Waals surface area contributed by atoms with Crippen LogP contribution in [-0.4, -0.2) is 81.0 Å². The van der Waals surface area contributed by atoms with Gasteiger partial charge in [0.2, 0.25) is 0 Å². The fraction of sp³-hybridized carbons (Fsp3) is 0.944. The molecule has 2 saturated heterocycles. The molecule has 7 heteroatoms. The first-order chi connectivity index (χ1) is 11.6. The van der Waals surface area contributed by atoms with Gasteiger partial charge in [-0.2, -0.15) is 0 Å². The number of rotatable bonds is 4. The summed E-state index contributed by atoms with van der Waals surface area (Å²) in [7, 11) is -1.24. The molecule has 0 radical (unpaired) electrons. The van der Waals surface area contributed by atoms with E-state index in [4.69, 9.17) is 0 Å². The van der Waals surface area contributed by atoms with Crippen LogP contribution < -0.4 is 5.32 Å². The first-order valence-corrected chi connectivity index (χ1v) is 11.2. The first kappa shape index (κ1) is 20.5. The number of guanidine groups is 1. The van der Waals surface area contributed by atoms with Crippen LogP contribution in [0.2, 0.25) is 0 Å². The van der Waals surface area contributed by atoms with Gasteiger partial charge >= 0.3 is 0 Å². The van der Waals surface area contributed by atoms with Crippen LogP contribution in [0.25, 0.3) is 0 Å². The summed E-state index contributed by atoms with van der Waals surface area (Å²) in [6, 6.07) is 0. The van der Waals surface area contributed by atoms with Crippen LogP contribution in [0.5, 0.6) is 0 Å². The molecule has 2 heterocycles. The second-order valence-electron chi connectivity index (χ2n) is 8.59. The Morgan fingerprint density at radius 3 is 2.64 bits per heavy atom. The Balaban J connectivity index is 1.88. The summed E-state index contributed by atoms with van der Waals surface area (Å²) < 4.78 is 23.7. The van der Waals surface area contributed by atoms with E-state index >= 15 is 0 Å². The molecule has 2 rings (SSSR count). The fourth-order valence-corrected chi connectivity index (χ4v) is 5.26. The largest absolute Gasteiger partial charge is 0.356 e. The van der Waals surface area contributed by atoms with E-state index in [1.165, 1.54) is 25.9 Å². The van der Waals surface area contributed by atoms with Crippen molar-refractivity contribution in [2.45, 2.75) is 45.3 Å². The molecule has 25 heavy (non-hydrogen) atoms. The second-order valence-corrected chi connectivity index (χ2v) is 11.3. The number of likely N-dealkylation sites (tertiary alicyclic amines) is 1. The molecule has 0 spiro atoms. The zero-order valence-electron chi connectivity index (χ0n) is 16.6. The van der Waals surface area contributed by atoms with Gasteiger partial charge in [-0.1, -0.05) is 13.8 Å². The number of aliphatic imine (C=N–C) groups is 1. The van der Waals surface area contributed by atoms with Crippen LogP contribution in [0.15, 0.2) is 4.99 Å². The Kier molecular flexibility index (Phi) is 6.76. The molecule has 0 aromatic carbocycles. The molecule has 2 fully saturated rings. The van der Waals surface area contributed by atoms with Crippen LogP contribution in [0, 0.1) is 11.8 Å². The molecule has 2 aliphatic rings. The van der Waals surface area contributed by atoms with E-state index in [0.29, 0.717) is 24.9 Å². The Labute approximate surface area is 154 Å². The molecule has 1 unspecified atom stereocenters. The van der Waals surface area contributed by atoms with Crippen LogP contribution in [0.3, 0.4) is 0 Å². The lowest BCUT2D eigenvalue weighted by molar-refractivity contribution is 0.159. The van der Waals surface area contributed by atoms with E-state index in [1.807, 2.05) is 13.8 Å². The predicted molar refractivity (Wildman–Crippen MR) is 105 cm³/mol. The average molecular weight is 373 g/mol. The van der Waals surface area contributed by atoms with Crippen molar-refractivity contribution < 1.29 is 8.42 Å². The molecule has 0 aromatic heterocycles. The van der Waals surface area contributed by atoms with Crippen molar-refractivity contribution in [3.05, 3.63) is 0 Å². The minimum absolute atomic E-state index is 0.201. The van der Waals surface area contributed by atoms with E-state index in [9.17, 15) is 8.42 Å². The van der Waals surface area contributed by atoms with Gasteiger partial charge in [0, 0.05) is 39.8 Å². The smallest absolute Gasteiger partial charge is 0.193 e. The summed E-state index contributed by atoms with van der Waals surface area (Å²) in [5.74, 6) is 2.37. The topological polar surface area (TPSA) is 65.0 Å². The highest BCUT2D eigenvalue weighted by Gasteiger charge is 2.41. The van der Waals surface area contributed by atoms with Gasteiger partial charge in [0.15, 0.2) is 15.8 Å². The summed E-state index contributed by atoms with van der Waals surface area (Å²) >= 11 is 0. The molecule has 0 bridgehead atoms. The number of hydrogen-bond donors (Lipinski definition) is 1. The van der Waals surface area contributed by atoms with Crippen molar-refractivity contribution in [3.63, 3.8) is 0 Å². The minimum Gasteiger partial charge on any atom is -0.356 e. The van der Waals surface area contributed by atoms with Gasteiger partial charge in [0.25, 0.3) is 0 Å². The zero-order valence-corrected chi connectivity index (χ0v) is 17.4. The summed E-state index contributed by atoms with van der Waals surface area (Å²) in [6.45, 7) is 13.6. The van der Waals surface area contributed by atoms with Crippen molar-refractivity contribution in [3.8, 4) is 0 Å². The Morgan fingerprint density at radius 2 is 2.04 bits per heavy atom. The highest BCUT2D eigenvalue weighted by atomic mass is 32.2. The van der Waals surface area contributed by atoms with Gasteiger partial charge in [-0.05, 0) is 45.1 Å². The summed E-state index contributed by atoms with van der Waals surface area (Å²) in [5.41, 5.74) is 0. The van der Waals surface area contributed by atoms with Crippen molar-refractivity contribution >= 4 is 15.8 Å². The van der Waals surface area contributed by atoms with Gasteiger partial charge in [-0.3, -0.25) is 4.99 Å². The van der Waals surface area contributed by atoms with Crippen molar-refractivity contribution in [1.29, 1.82) is 0 Å². The summed E-state index contributed by atoms with van der Waals surface area (Å²) in [6.07, 6.45) is 2.51. The van der Waals surface area contributed by atoms with Crippen LogP contribution in [-0.2, 0) is 9.84 Å². The SMILES string of the molecule is CN=C(NCC1CCCN(CC(C)C)C1)N1CCS(=O)(=O)C(C)(C)C1. The Hall–Kier alpha value is -0.820. The highest BCUT2D eigenvalue weighted by molar-refractivity contribution is 7.92. The normalized spacial score (nSPS) is 27.5. The maximum atomic E-state index is 12.2.